The molecule has 0 bridgehead atoms. The highest BCUT2D eigenvalue weighted by Crippen LogP contribution is 2.49. The van der Waals surface area contributed by atoms with Crippen LogP contribution < -0.4 is 18.9 Å². The van der Waals surface area contributed by atoms with Crippen molar-refractivity contribution in [3.05, 3.63) is 229 Å². The van der Waals surface area contributed by atoms with Gasteiger partial charge in [-0.3, -0.25) is 0 Å². The van der Waals surface area contributed by atoms with Crippen LogP contribution in [0.1, 0.15) is 67.2 Å². The van der Waals surface area contributed by atoms with Crippen molar-refractivity contribution in [2.75, 3.05) is 0 Å². The number of aromatic hydroxyl groups is 4. The average Bonchev–Trinajstić information content (AvgIpc) is 3.40. The summed E-state index contributed by atoms with van der Waals surface area (Å²) in [7, 11) is 0. The van der Waals surface area contributed by atoms with E-state index >= 15 is 0 Å². The summed E-state index contributed by atoms with van der Waals surface area (Å²) in [4.78, 5) is 0. The summed E-state index contributed by atoms with van der Waals surface area (Å²) in [5, 5.41) is 40.4. The van der Waals surface area contributed by atoms with Gasteiger partial charge < -0.3 is 39.4 Å². The van der Waals surface area contributed by atoms with Crippen LogP contribution in [-0.2, 0) is 5.41 Å². The zero-order valence-electron chi connectivity index (χ0n) is 38.7. The molecule has 0 aromatic heterocycles. The molecule has 1 aliphatic carbocycles. The van der Waals surface area contributed by atoms with Crippen LogP contribution in [0.3, 0.4) is 0 Å². The van der Waals surface area contributed by atoms with Crippen LogP contribution >= 0.6 is 0 Å². The molecule has 0 heterocycles. The fourth-order valence-corrected chi connectivity index (χ4v) is 9.43. The molecule has 1 aliphatic rings. The predicted molar refractivity (Wildman–Crippen MR) is 274 cm³/mol. The van der Waals surface area contributed by atoms with Gasteiger partial charge in [-0.05, 0) is 181 Å². The van der Waals surface area contributed by atoms with E-state index < -0.39 is 5.41 Å². The first-order valence-corrected chi connectivity index (χ1v) is 23.6. The molecular formula is C62H52O8. The van der Waals surface area contributed by atoms with Gasteiger partial charge in [-0.2, -0.15) is 0 Å². The van der Waals surface area contributed by atoms with E-state index in [1.165, 1.54) is 37.7 Å². The second kappa shape index (κ2) is 19.9. The van der Waals surface area contributed by atoms with Crippen molar-refractivity contribution in [3.8, 4) is 91.2 Å². The lowest BCUT2D eigenvalue weighted by molar-refractivity contribution is 0.443. The zero-order valence-corrected chi connectivity index (χ0v) is 38.7. The van der Waals surface area contributed by atoms with Crippen LogP contribution in [0.5, 0.6) is 69.0 Å². The van der Waals surface area contributed by atoms with E-state index in [1.54, 1.807) is 97.1 Å². The highest BCUT2D eigenvalue weighted by molar-refractivity contribution is 5.80. The highest BCUT2D eigenvalue weighted by Gasteiger charge is 2.34. The Morgan fingerprint density at radius 1 is 0.343 bits per heavy atom. The Morgan fingerprint density at radius 2 is 0.671 bits per heavy atom. The van der Waals surface area contributed by atoms with Gasteiger partial charge in [0.2, 0.25) is 0 Å². The van der Waals surface area contributed by atoms with E-state index in [-0.39, 0.29) is 23.0 Å². The third kappa shape index (κ3) is 9.84. The summed E-state index contributed by atoms with van der Waals surface area (Å²) in [5.74, 6) is 5.60. The van der Waals surface area contributed by atoms with Gasteiger partial charge in [-0.25, -0.2) is 0 Å². The smallest absolute Gasteiger partial charge is 0.135 e. The van der Waals surface area contributed by atoms with Gasteiger partial charge in [0.25, 0.3) is 0 Å². The first-order valence-electron chi connectivity index (χ1n) is 23.6. The average molecular weight is 925 g/mol. The Balaban J connectivity index is 1.17. The number of hydrogen-bond donors (Lipinski definition) is 4. The van der Waals surface area contributed by atoms with Gasteiger partial charge in [0.15, 0.2) is 0 Å². The first kappa shape index (κ1) is 45.2. The van der Waals surface area contributed by atoms with Crippen molar-refractivity contribution in [1.29, 1.82) is 0 Å². The molecule has 9 aromatic carbocycles. The molecule has 70 heavy (non-hydrogen) atoms. The lowest BCUT2D eigenvalue weighted by atomic mass is 9.69. The molecule has 0 unspecified atom stereocenters. The minimum Gasteiger partial charge on any atom is -0.508 e. The summed E-state index contributed by atoms with van der Waals surface area (Å²) < 4.78 is 26.4. The SMILES string of the molecule is CC(c1ccc(C2CCCCC2)cc1)(c1ccc(Oc2ccc(O)cc2)c(-c2ccccc2Oc2ccc(O)cc2)c1)c1ccc(Oc2ccc(O)cc2)c(-c2ccccc2Oc2ccc(O)cc2)c1. The molecule has 9 aromatic rings. The highest BCUT2D eigenvalue weighted by atomic mass is 16.5. The molecule has 8 heteroatoms. The molecule has 0 amide bonds. The van der Waals surface area contributed by atoms with Crippen LogP contribution in [0, 0.1) is 0 Å². The number of benzene rings is 9. The second-order valence-electron chi connectivity index (χ2n) is 17.9. The fourth-order valence-electron chi connectivity index (χ4n) is 9.43. The summed E-state index contributed by atoms with van der Waals surface area (Å²) in [6, 6.07) is 63.9. The lowest BCUT2D eigenvalue weighted by Gasteiger charge is -2.34. The lowest BCUT2D eigenvalue weighted by Crippen LogP contribution is -2.26. The molecule has 0 aliphatic heterocycles. The quantitative estimate of drug-likeness (QED) is 0.0797. The number of para-hydroxylation sites is 2. The molecule has 348 valence electrons. The summed E-state index contributed by atoms with van der Waals surface area (Å²) in [5.41, 5.74) is 6.65. The maximum atomic E-state index is 10.1. The van der Waals surface area contributed by atoms with Gasteiger partial charge >= 0.3 is 0 Å². The van der Waals surface area contributed by atoms with Gasteiger partial charge in [-0.1, -0.05) is 92.1 Å². The van der Waals surface area contributed by atoms with Crippen LogP contribution in [-0.4, -0.2) is 20.4 Å². The van der Waals surface area contributed by atoms with Gasteiger partial charge in [0, 0.05) is 27.7 Å². The van der Waals surface area contributed by atoms with Crippen molar-refractivity contribution in [1.82, 2.24) is 0 Å². The molecule has 8 nitrogen and oxygen atoms in total. The second-order valence-corrected chi connectivity index (χ2v) is 17.9. The molecule has 10 rings (SSSR count). The first-order chi connectivity index (χ1) is 34.2. The molecular weight excluding hydrogens is 873 g/mol. The van der Waals surface area contributed by atoms with E-state index in [4.69, 9.17) is 18.9 Å². The van der Waals surface area contributed by atoms with Crippen molar-refractivity contribution < 1.29 is 39.4 Å². The Kier molecular flexibility index (Phi) is 12.9. The van der Waals surface area contributed by atoms with Crippen molar-refractivity contribution >= 4 is 0 Å². The maximum absolute atomic E-state index is 10.1. The van der Waals surface area contributed by atoms with Crippen LogP contribution in [0.15, 0.2) is 206 Å². The standard InChI is InChI=1S/C62H52O8/c1-62(43-17-15-42(16-18-43)41-9-3-2-4-10-41,44-19-37-60(69-52-33-25-48(65)26-34-52)56(39-44)54-11-5-7-13-58(54)67-50-29-21-46(63)22-30-50)45-20-38-61(70-53-35-27-49(66)28-36-53)57(40-45)55-12-6-8-14-59(55)68-51-31-23-47(64)24-32-51/h5-8,11-41,63-66H,2-4,9-10H2,1H3. The van der Waals surface area contributed by atoms with Gasteiger partial charge in [0.05, 0.1) is 0 Å². The summed E-state index contributed by atoms with van der Waals surface area (Å²) >= 11 is 0. The largest absolute Gasteiger partial charge is 0.508 e. The molecule has 1 fully saturated rings. The fraction of sp³-hybridized carbons (Fsp3) is 0.129. The predicted octanol–water partition coefficient (Wildman–Crippen LogP) is 16.4. The molecule has 0 radical (unpaired) electrons. The molecule has 0 spiro atoms. The van der Waals surface area contributed by atoms with E-state index in [9.17, 15) is 20.4 Å². The normalized spacial score (nSPS) is 12.8. The van der Waals surface area contributed by atoms with E-state index in [0.717, 1.165) is 38.9 Å². The minimum atomic E-state index is -0.803. The number of hydrogen-bond acceptors (Lipinski definition) is 8. The van der Waals surface area contributed by atoms with Crippen LogP contribution in [0.4, 0.5) is 0 Å². The van der Waals surface area contributed by atoms with Gasteiger partial charge in [0.1, 0.15) is 69.0 Å². The summed E-state index contributed by atoms with van der Waals surface area (Å²) in [6.07, 6.45) is 6.13. The Bertz CT molecular complexity index is 3030. The van der Waals surface area contributed by atoms with E-state index in [0.29, 0.717) is 51.9 Å². The minimum absolute atomic E-state index is 0.134. The third-order valence-corrected chi connectivity index (χ3v) is 13.3. The molecule has 0 saturated heterocycles. The number of phenolic OH excluding ortho intramolecular Hbond substituents is 4. The Morgan fingerprint density at radius 3 is 1.04 bits per heavy atom. The third-order valence-electron chi connectivity index (χ3n) is 13.3. The van der Waals surface area contributed by atoms with E-state index in [1.807, 2.05) is 60.7 Å². The van der Waals surface area contributed by atoms with Crippen LogP contribution in [0.2, 0.25) is 0 Å². The summed E-state index contributed by atoms with van der Waals surface area (Å²) in [6.45, 7) is 2.25. The Labute approximate surface area is 407 Å². The number of rotatable bonds is 14. The number of phenols is 4. The molecule has 4 N–H and O–H groups in total. The van der Waals surface area contributed by atoms with Gasteiger partial charge in [-0.15, -0.1) is 0 Å². The number of ether oxygens (including phenoxy) is 4. The zero-order chi connectivity index (χ0) is 48.0. The van der Waals surface area contributed by atoms with Crippen molar-refractivity contribution in [2.24, 2.45) is 0 Å². The monoisotopic (exact) mass is 924 g/mol. The van der Waals surface area contributed by atoms with Crippen molar-refractivity contribution in [3.63, 3.8) is 0 Å². The van der Waals surface area contributed by atoms with Crippen LogP contribution in [0.25, 0.3) is 22.3 Å². The maximum Gasteiger partial charge on any atom is 0.135 e. The molecule has 0 atom stereocenters. The molecule has 1 saturated carbocycles. The van der Waals surface area contributed by atoms with E-state index in [2.05, 4.69) is 55.5 Å². The Hall–Kier alpha value is -8.62. The van der Waals surface area contributed by atoms with Crippen molar-refractivity contribution in [2.45, 2.75) is 50.4 Å². The topological polar surface area (TPSA) is 118 Å².